The minimum Gasteiger partial charge on any atom is -0.471 e. The zero-order valence-electron chi connectivity index (χ0n) is 28.6. The largest absolute Gasteiger partial charge is 0.471 e. The van der Waals surface area contributed by atoms with E-state index in [1.165, 1.54) is 0 Å². The molecule has 0 saturated carbocycles. The molecule has 0 unspecified atom stereocenters. The number of benzene rings is 4. The summed E-state index contributed by atoms with van der Waals surface area (Å²) in [6.45, 7) is 5.36. The SMILES string of the molecule is CCCCc1cc2ccccc2c(OCC[N+](C)(C)[C@H](CC)c2ccc(C(N)=O)c(N3C(=O)c4ccccc4C3=O)c2-c2ccccc2)n1. The minimum absolute atomic E-state index is 0.102. The number of anilines is 1. The number of aryl methyl sites for hydroxylation is 1. The predicted octanol–water partition coefficient (Wildman–Crippen LogP) is 7.75. The van der Waals surface area contributed by atoms with Crippen LogP contribution in [0.25, 0.3) is 21.9 Å². The molecule has 8 heteroatoms. The molecule has 0 spiro atoms. The standard InChI is InChI=1S/C41H42N4O4/c1-5-7-18-29-26-28-17-11-12-19-30(28)39(43-29)49-25-24-45(3,4)35(6-2)33-22-23-34(38(42)46)37(36(33)27-15-9-8-10-16-27)44-40(47)31-20-13-14-21-32(31)41(44)48/h8-17,19-23,26,35H,5-7,18,24-25H2,1-4H3,(H-,42,46)/p+1/t35-/m1/s1. The van der Waals surface area contributed by atoms with Crippen LogP contribution in [0, 0.1) is 0 Å². The van der Waals surface area contributed by atoms with Gasteiger partial charge in [-0.05, 0) is 54.1 Å². The number of carbonyl (C=O) groups is 3. The molecule has 3 amide bonds. The summed E-state index contributed by atoms with van der Waals surface area (Å²) >= 11 is 0. The lowest BCUT2D eigenvalue weighted by Crippen LogP contribution is -2.46. The predicted molar refractivity (Wildman–Crippen MR) is 194 cm³/mol. The van der Waals surface area contributed by atoms with Crippen molar-refractivity contribution in [2.24, 2.45) is 5.73 Å². The number of ether oxygens (including phenoxy) is 1. The monoisotopic (exact) mass is 655 g/mol. The Hall–Kier alpha value is -5.34. The van der Waals surface area contributed by atoms with Crippen LogP contribution in [-0.4, -0.2) is 54.4 Å². The molecule has 0 radical (unpaired) electrons. The van der Waals surface area contributed by atoms with Crippen molar-refractivity contribution in [1.29, 1.82) is 0 Å². The second-order valence-electron chi connectivity index (χ2n) is 13.2. The molecule has 250 valence electrons. The fourth-order valence-corrected chi connectivity index (χ4v) is 7.06. The van der Waals surface area contributed by atoms with Crippen LogP contribution in [0.2, 0.25) is 0 Å². The maximum Gasteiger partial charge on any atom is 0.266 e. The van der Waals surface area contributed by atoms with Gasteiger partial charge in [-0.3, -0.25) is 14.4 Å². The maximum atomic E-state index is 13.9. The summed E-state index contributed by atoms with van der Waals surface area (Å²) in [5.41, 5.74) is 10.2. The van der Waals surface area contributed by atoms with Gasteiger partial charge in [-0.25, -0.2) is 9.88 Å². The van der Waals surface area contributed by atoms with Crippen LogP contribution in [0.3, 0.4) is 0 Å². The van der Waals surface area contributed by atoms with E-state index < -0.39 is 17.7 Å². The number of primary amides is 1. The number of amides is 3. The molecule has 6 rings (SSSR count). The van der Waals surface area contributed by atoms with E-state index in [0.29, 0.717) is 40.2 Å². The Balaban J connectivity index is 1.40. The van der Waals surface area contributed by atoms with Crippen molar-refractivity contribution < 1.29 is 23.6 Å². The number of quaternary nitrogens is 1. The van der Waals surface area contributed by atoms with E-state index >= 15 is 0 Å². The molecule has 8 nitrogen and oxygen atoms in total. The molecule has 5 aromatic rings. The average Bonchev–Trinajstić information content (AvgIpc) is 3.36. The van der Waals surface area contributed by atoms with E-state index in [0.717, 1.165) is 58.2 Å². The fraction of sp³-hybridized carbons (Fsp3) is 0.268. The molecular weight excluding hydrogens is 612 g/mol. The van der Waals surface area contributed by atoms with Gasteiger partial charge in [0.25, 0.3) is 17.7 Å². The zero-order chi connectivity index (χ0) is 34.7. The molecule has 1 aliphatic heterocycles. The first-order valence-corrected chi connectivity index (χ1v) is 17.0. The van der Waals surface area contributed by atoms with Crippen LogP contribution < -0.4 is 15.4 Å². The van der Waals surface area contributed by atoms with E-state index in [4.69, 9.17) is 15.5 Å². The highest BCUT2D eigenvalue weighted by Gasteiger charge is 2.41. The summed E-state index contributed by atoms with van der Waals surface area (Å²) in [5.74, 6) is -1.03. The molecule has 49 heavy (non-hydrogen) atoms. The first-order chi connectivity index (χ1) is 23.7. The number of nitrogens with two attached hydrogens (primary N) is 1. The van der Waals surface area contributed by atoms with Crippen molar-refractivity contribution in [3.63, 3.8) is 0 Å². The molecule has 0 fully saturated rings. The Kier molecular flexibility index (Phi) is 9.60. The molecular formula is C41H43N4O4+. The lowest BCUT2D eigenvalue weighted by atomic mass is 9.87. The van der Waals surface area contributed by atoms with Crippen LogP contribution in [-0.2, 0) is 6.42 Å². The summed E-state index contributed by atoms with van der Waals surface area (Å²) in [5, 5.41) is 2.10. The number of imide groups is 1. The van der Waals surface area contributed by atoms with Gasteiger partial charge >= 0.3 is 0 Å². The number of rotatable bonds is 13. The molecule has 1 atom stereocenters. The molecule has 1 aliphatic rings. The van der Waals surface area contributed by atoms with E-state index in [2.05, 4.69) is 40.1 Å². The lowest BCUT2D eigenvalue weighted by Gasteiger charge is -2.39. The fourth-order valence-electron chi connectivity index (χ4n) is 7.06. The molecule has 0 bridgehead atoms. The molecule has 0 aliphatic carbocycles. The van der Waals surface area contributed by atoms with E-state index in [9.17, 15) is 14.4 Å². The van der Waals surface area contributed by atoms with Gasteiger partial charge in [0.05, 0.1) is 36.5 Å². The number of hydrogen-bond donors (Lipinski definition) is 1. The number of carbonyl (C=O) groups excluding carboxylic acids is 3. The van der Waals surface area contributed by atoms with Gasteiger partial charge in [0.15, 0.2) is 0 Å². The van der Waals surface area contributed by atoms with E-state index in [1.807, 2.05) is 54.6 Å². The van der Waals surface area contributed by atoms with Crippen molar-refractivity contribution in [2.75, 3.05) is 32.1 Å². The number of pyridine rings is 1. The lowest BCUT2D eigenvalue weighted by molar-refractivity contribution is -0.921. The van der Waals surface area contributed by atoms with Crippen LogP contribution in [0.5, 0.6) is 5.88 Å². The molecule has 2 heterocycles. The maximum absolute atomic E-state index is 13.9. The van der Waals surface area contributed by atoms with Crippen molar-refractivity contribution >= 4 is 34.2 Å². The van der Waals surface area contributed by atoms with Gasteiger partial charge in [0.1, 0.15) is 19.2 Å². The number of hydrogen-bond acceptors (Lipinski definition) is 5. The van der Waals surface area contributed by atoms with Gasteiger partial charge in [0, 0.05) is 28.6 Å². The minimum atomic E-state index is -0.716. The number of nitrogens with zero attached hydrogens (tertiary/aromatic N) is 3. The molecule has 2 N–H and O–H groups in total. The summed E-state index contributed by atoms with van der Waals surface area (Å²) in [4.78, 5) is 46.8. The van der Waals surface area contributed by atoms with Gasteiger partial charge in [-0.2, -0.15) is 0 Å². The Morgan fingerprint density at radius 3 is 2.18 bits per heavy atom. The highest BCUT2D eigenvalue weighted by Crippen LogP contribution is 2.45. The number of unbranched alkanes of at least 4 members (excludes halogenated alkanes) is 1. The van der Waals surface area contributed by atoms with Crippen molar-refractivity contribution in [1.82, 2.24) is 4.98 Å². The van der Waals surface area contributed by atoms with E-state index in [-0.39, 0.29) is 17.3 Å². The third-order valence-corrected chi connectivity index (χ3v) is 9.60. The summed E-state index contributed by atoms with van der Waals surface area (Å²) in [6, 6.07) is 30.1. The molecule has 4 aromatic carbocycles. The van der Waals surface area contributed by atoms with Gasteiger partial charge < -0.3 is 15.0 Å². The van der Waals surface area contributed by atoms with Gasteiger partial charge in [0.2, 0.25) is 5.88 Å². The number of likely N-dealkylation sites (N-methyl/N-ethyl adjacent to an activating group) is 1. The summed E-state index contributed by atoms with van der Waals surface area (Å²) < 4.78 is 6.98. The third kappa shape index (κ3) is 6.44. The van der Waals surface area contributed by atoms with E-state index in [1.54, 1.807) is 30.3 Å². The Labute approximate surface area is 287 Å². The van der Waals surface area contributed by atoms with Crippen molar-refractivity contribution in [3.05, 3.63) is 125 Å². The van der Waals surface area contributed by atoms with Gasteiger partial charge in [-0.1, -0.05) is 87.0 Å². The smallest absolute Gasteiger partial charge is 0.266 e. The Bertz CT molecular complexity index is 2000. The molecule has 0 saturated heterocycles. The van der Waals surface area contributed by atoms with Gasteiger partial charge in [-0.15, -0.1) is 0 Å². The molecule has 1 aromatic heterocycles. The first-order valence-electron chi connectivity index (χ1n) is 17.0. The summed E-state index contributed by atoms with van der Waals surface area (Å²) in [6.07, 6.45) is 3.79. The van der Waals surface area contributed by atoms with Crippen molar-refractivity contribution in [2.45, 2.75) is 45.6 Å². The van der Waals surface area contributed by atoms with Crippen LogP contribution in [0.15, 0.2) is 97.1 Å². The highest BCUT2D eigenvalue weighted by molar-refractivity contribution is 6.36. The quantitative estimate of drug-likeness (QED) is 0.103. The highest BCUT2D eigenvalue weighted by atomic mass is 16.5. The zero-order valence-corrected chi connectivity index (χ0v) is 28.6. The topological polar surface area (TPSA) is 103 Å². The number of fused-ring (bicyclic) bond motifs is 2. The second-order valence-corrected chi connectivity index (χ2v) is 13.2. The Morgan fingerprint density at radius 1 is 0.878 bits per heavy atom. The van der Waals surface area contributed by atoms with Crippen molar-refractivity contribution in [3.8, 4) is 17.0 Å². The van der Waals surface area contributed by atoms with Crippen LogP contribution in [0.4, 0.5) is 5.69 Å². The van der Waals surface area contributed by atoms with Crippen LogP contribution in [0.1, 0.15) is 81.5 Å². The first kappa shape index (κ1) is 33.6. The third-order valence-electron chi connectivity index (χ3n) is 9.60. The second kappa shape index (κ2) is 14.0. The average molecular weight is 656 g/mol. The van der Waals surface area contributed by atoms with Crippen LogP contribution >= 0.6 is 0 Å². The Morgan fingerprint density at radius 2 is 1.53 bits per heavy atom. The summed E-state index contributed by atoms with van der Waals surface area (Å²) in [7, 11) is 4.30. The number of aromatic nitrogens is 1. The normalized spacial score (nSPS) is 13.5.